The van der Waals surface area contributed by atoms with Gasteiger partial charge in [-0.15, -0.1) is 0 Å². The fourth-order valence-corrected chi connectivity index (χ4v) is 2.39. The van der Waals surface area contributed by atoms with E-state index in [1.54, 1.807) is 6.92 Å². The van der Waals surface area contributed by atoms with Crippen molar-refractivity contribution in [2.75, 3.05) is 0 Å². The predicted octanol–water partition coefficient (Wildman–Crippen LogP) is 2.82. The van der Waals surface area contributed by atoms with Crippen molar-refractivity contribution in [3.05, 3.63) is 35.9 Å². The summed E-state index contributed by atoms with van der Waals surface area (Å²) in [6.07, 6.45) is 1.21. The van der Waals surface area contributed by atoms with Gasteiger partial charge in [0, 0.05) is 0 Å². The van der Waals surface area contributed by atoms with Crippen LogP contribution in [0.4, 0.5) is 0 Å². The van der Waals surface area contributed by atoms with Crippen molar-refractivity contribution in [3.8, 4) is 0 Å². The highest BCUT2D eigenvalue weighted by atomic mass is 16.4. The van der Waals surface area contributed by atoms with Crippen LogP contribution in [-0.4, -0.2) is 22.2 Å². The Morgan fingerprint density at radius 1 is 1.21 bits per heavy atom. The highest BCUT2D eigenvalue weighted by Gasteiger charge is 2.45. The summed E-state index contributed by atoms with van der Waals surface area (Å²) >= 11 is 0. The van der Waals surface area contributed by atoms with Crippen molar-refractivity contribution in [3.63, 3.8) is 0 Å². The molecule has 104 valence electrons. The van der Waals surface area contributed by atoms with Gasteiger partial charge in [0.15, 0.2) is 0 Å². The molecule has 1 rings (SSSR count). The average Bonchev–Trinajstić information content (AvgIpc) is 2.40. The second-order valence-corrected chi connectivity index (χ2v) is 4.86. The van der Waals surface area contributed by atoms with Crippen LogP contribution in [0.3, 0.4) is 0 Å². The summed E-state index contributed by atoms with van der Waals surface area (Å²) < 4.78 is 0. The molecule has 0 amide bonds. The number of carbonyl (C=O) groups is 2. The molecule has 0 aromatic heterocycles. The van der Waals surface area contributed by atoms with Crippen LogP contribution in [0.2, 0.25) is 0 Å². The summed E-state index contributed by atoms with van der Waals surface area (Å²) in [6.45, 7) is 3.21. The molecule has 1 aromatic rings. The smallest absolute Gasteiger partial charge is 0.310 e. The van der Waals surface area contributed by atoms with E-state index in [2.05, 4.69) is 0 Å². The van der Waals surface area contributed by atoms with Crippen LogP contribution in [-0.2, 0) is 16.0 Å². The average molecular weight is 264 g/mol. The minimum atomic E-state index is -1.21. The number of aliphatic carboxylic acids is 2. The van der Waals surface area contributed by atoms with Gasteiger partial charge in [0.1, 0.15) is 0 Å². The molecule has 2 atom stereocenters. The van der Waals surface area contributed by atoms with Gasteiger partial charge in [-0.1, -0.05) is 44.2 Å². The maximum absolute atomic E-state index is 11.6. The third-order valence-electron chi connectivity index (χ3n) is 3.96. The molecule has 0 aliphatic heterocycles. The molecule has 4 nitrogen and oxygen atoms in total. The zero-order valence-electron chi connectivity index (χ0n) is 11.3. The molecule has 0 aliphatic carbocycles. The number of hydrogen-bond acceptors (Lipinski definition) is 2. The van der Waals surface area contributed by atoms with Crippen LogP contribution in [0.15, 0.2) is 30.3 Å². The van der Waals surface area contributed by atoms with Gasteiger partial charge in [0.2, 0.25) is 0 Å². The predicted molar refractivity (Wildman–Crippen MR) is 71.9 cm³/mol. The largest absolute Gasteiger partial charge is 0.481 e. The molecule has 0 saturated heterocycles. The van der Waals surface area contributed by atoms with Crippen molar-refractivity contribution < 1.29 is 19.8 Å². The molecule has 0 radical (unpaired) electrons. The quantitative estimate of drug-likeness (QED) is 0.794. The summed E-state index contributed by atoms with van der Waals surface area (Å²) in [6, 6.07) is 9.53. The number of rotatable bonds is 7. The van der Waals surface area contributed by atoms with E-state index >= 15 is 0 Å². The van der Waals surface area contributed by atoms with Gasteiger partial charge in [-0.3, -0.25) is 9.59 Å². The van der Waals surface area contributed by atoms with E-state index in [4.69, 9.17) is 5.11 Å². The van der Waals surface area contributed by atoms with Crippen LogP contribution in [0.5, 0.6) is 0 Å². The number of carboxylic acid groups (broad SMARTS) is 2. The number of hydrogen-bond donors (Lipinski definition) is 2. The molecule has 1 aromatic carbocycles. The summed E-state index contributed by atoms with van der Waals surface area (Å²) in [5.74, 6) is -2.99. The zero-order chi connectivity index (χ0) is 14.5. The number of aryl methyl sites for hydroxylation is 1. The molecule has 0 spiro atoms. The molecule has 1 unspecified atom stereocenters. The molecule has 2 N–H and O–H groups in total. The van der Waals surface area contributed by atoms with Gasteiger partial charge >= 0.3 is 11.9 Å². The van der Waals surface area contributed by atoms with E-state index in [1.165, 1.54) is 6.92 Å². The minimum absolute atomic E-state index is 0.308. The molecule has 0 fully saturated rings. The molecule has 0 aliphatic rings. The monoisotopic (exact) mass is 264 g/mol. The Hall–Kier alpha value is -1.84. The lowest BCUT2D eigenvalue weighted by molar-refractivity contribution is -0.162. The Morgan fingerprint density at radius 3 is 2.21 bits per heavy atom. The lowest BCUT2D eigenvalue weighted by Crippen LogP contribution is -2.41. The molecule has 19 heavy (non-hydrogen) atoms. The summed E-state index contributed by atoms with van der Waals surface area (Å²) in [5.41, 5.74) is -0.180. The third kappa shape index (κ3) is 3.34. The standard InChI is InChI=1S/C15H20O4/c1-3-15(14(18)19,11(2)13(16)17)10-9-12-7-5-4-6-8-12/h4-8,11H,3,9-10H2,1-2H3,(H,16,17)(H,18,19)/t11?,15-/m0/s1. The van der Waals surface area contributed by atoms with Gasteiger partial charge in [-0.2, -0.15) is 0 Å². The van der Waals surface area contributed by atoms with Crippen molar-refractivity contribution in [1.82, 2.24) is 0 Å². The maximum Gasteiger partial charge on any atom is 0.310 e. The van der Waals surface area contributed by atoms with Gasteiger partial charge in [0.05, 0.1) is 11.3 Å². The SMILES string of the molecule is CC[C@@](CCc1ccccc1)(C(=O)O)C(C)C(=O)O. The highest BCUT2D eigenvalue weighted by molar-refractivity contribution is 5.83. The number of carboxylic acids is 2. The minimum Gasteiger partial charge on any atom is -0.481 e. The highest BCUT2D eigenvalue weighted by Crippen LogP contribution is 2.37. The van der Waals surface area contributed by atoms with Crippen LogP contribution >= 0.6 is 0 Å². The Balaban J connectivity index is 2.92. The topological polar surface area (TPSA) is 74.6 Å². The van der Waals surface area contributed by atoms with E-state index in [0.717, 1.165) is 5.56 Å². The van der Waals surface area contributed by atoms with Gasteiger partial charge < -0.3 is 10.2 Å². The first-order valence-corrected chi connectivity index (χ1v) is 6.44. The normalized spacial score (nSPS) is 15.5. The van der Waals surface area contributed by atoms with Crippen molar-refractivity contribution >= 4 is 11.9 Å². The van der Waals surface area contributed by atoms with Crippen molar-refractivity contribution in [1.29, 1.82) is 0 Å². The fourth-order valence-electron chi connectivity index (χ4n) is 2.39. The first-order chi connectivity index (χ1) is 8.94. The van der Waals surface area contributed by atoms with Crippen LogP contribution in [0.25, 0.3) is 0 Å². The van der Waals surface area contributed by atoms with E-state index in [0.29, 0.717) is 19.3 Å². The number of benzene rings is 1. The molecule has 0 heterocycles. The first-order valence-electron chi connectivity index (χ1n) is 6.44. The first kappa shape index (κ1) is 15.2. The lowest BCUT2D eigenvalue weighted by atomic mass is 9.70. The Bertz CT molecular complexity index is 441. The van der Waals surface area contributed by atoms with Crippen LogP contribution < -0.4 is 0 Å². The Kier molecular flexibility index (Phi) is 5.10. The summed E-state index contributed by atoms with van der Waals surface area (Å²) in [5, 5.41) is 18.6. The third-order valence-corrected chi connectivity index (χ3v) is 3.96. The van der Waals surface area contributed by atoms with Gasteiger partial charge in [-0.05, 0) is 24.8 Å². The molecule has 4 heteroatoms. The summed E-state index contributed by atoms with van der Waals surface area (Å²) in [4.78, 5) is 22.7. The van der Waals surface area contributed by atoms with Gasteiger partial charge in [-0.25, -0.2) is 0 Å². The second-order valence-electron chi connectivity index (χ2n) is 4.86. The van der Waals surface area contributed by atoms with Crippen molar-refractivity contribution in [2.24, 2.45) is 11.3 Å². The van der Waals surface area contributed by atoms with E-state index in [1.807, 2.05) is 30.3 Å². The van der Waals surface area contributed by atoms with E-state index in [-0.39, 0.29) is 0 Å². The maximum atomic E-state index is 11.6. The van der Waals surface area contributed by atoms with Gasteiger partial charge in [0.25, 0.3) is 0 Å². The Labute approximate surface area is 113 Å². The Morgan fingerprint density at radius 2 is 1.79 bits per heavy atom. The van der Waals surface area contributed by atoms with E-state index in [9.17, 15) is 14.7 Å². The van der Waals surface area contributed by atoms with E-state index < -0.39 is 23.3 Å². The van der Waals surface area contributed by atoms with Crippen LogP contribution in [0.1, 0.15) is 32.3 Å². The summed E-state index contributed by atoms with van der Waals surface area (Å²) in [7, 11) is 0. The second kappa shape index (κ2) is 6.36. The molecule has 0 bridgehead atoms. The molecule has 0 saturated carbocycles. The fraction of sp³-hybridized carbons (Fsp3) is 0.467. The van der Waals surface area contributed by atoms with Crippen LogP contribution in [0, 0.1) is 11.3 Å². The lowest BCUT2D eigenvalue weighted by Gasteiger charge is -2.32. The molecular formula is C15H20O4. The van der Waals surface area contributed by atoms with Crippen molar-refractivity contribution in [2.45, 2.75) is 33.1 Å². The zero-order valence-corrected chi connectivity index (χ0v) is 11.3. The molecular weight excluding hydrogens is 244 g/mol.